The number of amides is 2. The molecule has 2 rings (SSSR count). The lowest BCUT2D eigenvalue weighted by Gasteiger charge is -2.24. The maximum Gasteiger partial charge on any atom is 0.407 e. The highest BCUT2D eigenvalue weighted by molar-refractivity contribution is 5.86. The van der Waals surface area contributed by atoms with Gasteiger partial charge in [0, 0.05) is 13.2 Å². The molecule has 0 aromatic rings. The summed E-state index contributed by atoms with van der Waals surface area (Å²) in [5.41, 5.74) is 0. The van der Waals surface area contributed by atoms with Crippen molar-refractivity contribution in [3.8, 4) is 0 Å². The van der Waals surface area contributed by atoms with Crippen LogP contribution in [0.2, 0.25) is 0 Å². The Morgan fingerprint density at radius 2 is 2.30 bits per heavy atom. The number of hydrogen-bond acceptors (Lipinski definition) is 5. The van der Waals surface area contributed by atoms with Crippen molar-refractivity contribution in [2.75, 3.05) is 13.2 Å². The van der Waals surface area contributed by atoms with Crippen molar-refractivity contribution in [3.63, 3.8) is 0 Å². The predicted octanol–water partition coefficient (Wildman–Crippen LogP) is -0.0769. The van der Waals surface area contributed by atoms with Crippen LogP contribution in [0.15, 0.2) is 0 Å². The topological polar surface area (TPSA) is 105 Å². The monoisotopic (exact) mass is 286 g/mol. The number of carbonyl (C=O) groups is 3. The standard InChI is InChI=1S/C12H18N2O6/c1-2-19-11-7(6-9(15)20-11)13-10(16)8-4-3-5-14(8)12(17)18/h7-8,11H,2-6H2,1H3,(H,13,16)(H,17,18). The largest absolute Gasteiger partial charge is 0.465 e. The number of ether oxygens (including phenoxy) is 2. The molecular weight excluding hydrogens is 268 g/mol. The summed E-state index contributed by atoms with van der Waals surface area (Å²) < 4.78 is 10.2. The van der Waals surface area contributed by atoms with Crippen LogP contribution in [0.4, 0.5) is 4.79 Å². The fraction of sp³-hybridized carbons (Fsp3) is 0.750. The van der Waals surface area contributed by atoms with Gasteiger partial charge in [-0.3, -0.25) is 14.5 Å². The third-order valence-corrected chi connectivity index (χ3v) is 3.42. The molecular formula is C12H18N2O6. The minimum Gasteiger partial charge on any atom is -0.465 e. The van der Waals surface area contributed by atoms with E-state index in [1.165, 1.54) is 0 Å². The number of rotatable bonds is 4. The molecule has 0 aromatic heterocycles. The third-order valence-electron chi connectivity index (χ3n) is 3.42. The Kier molecular flexibility index (Phi) is 4.43. The first-order valence-electron chi connectivity index (χ1n) is 6.64. The first-order chi connectivity index (χ1) is 9.52. The zero-order valence-corrected chi connectivity index (χ0v) is 11.2. The summed E-state index contributed by atoms with van der Waals surface area (Å²) in [5, 5.41) is 11.7. The molecule has 2 heterocycles. The van der Waals surface area contributed by atoms with Gasteiger partial charge in [0.15, 0.2) is 0 Å². The number of cyclic esters (lactones) is 1. The summed E-state index contributed by atoms with van der Waals surface area (Å²) in [6.07, 6.45) is -0.729. The number of carbonyl (C=O) groups excluding carboxylic acids is 2. The van der Waals surface area contributed by atoms with Crippen LogP contribution in [-0.2, 0) is 19.1 Å². The molecule has 2 fully saturated rings. The highest BCUT2D eigenvalue weighted by Crippen LogP contribution is 2.20. The number of esters is 1. The van der Waals surface area contributed by atoms with E-state index in [2.05, 4.69) is 5.32 Å². The minimum absolute atomic E-state index is 0.0379. The summed E-state index contributed by atoms with van der Waals surface area (Å²) in [4.78, 5) is 35.5. The maximum absolute atomic E-state index is 12.1. The van der Waals surface area contributed by atoms with Gasteiger partial charge in [0.1, 0.15) is 12.1 Å². The van der Waals surface area contributed by atoms with Gasteiger partial charge in [-0.05, 0) is 19.8 Å². The molecule has 20 heavy (non-hydrogen) atoms. The third kappa shape index (κ3) is 3.01. The van der Waals surface area contributed by atoms with E-state index in [4.69, 9.17) is 14.6 Å². The van der Waals surface area contributed by atoms with Crippen LogP contribution < -0.4 is 5.32 Å². The number of likely N-dealkylation sites (tertiary alicyclic amines) is 1. The fourth-order valence-corrected chi connectivity index (χ4v) is 2.52. The van der Waals surface area contributed by atoms with Gasteiger partial charge < -0.3 is 19.9 Å². The molecule has 2 aliphatic rings. The second-order valence-electron chi connectivity index (χ2n) is 4.77. The van der Waals surface area contributed by atoms with E-state index < -0.39 is 36.3 Å². The van der Waals surface area contributed by atoms with E-state index >= 15 is 0 Å². The van der Waals surface area contributed by atoms with Gasteiger partial charge in [-0.15, -0.1) is 0 Å². The molecule has 0 spiro atoms. The number of hydrogen-bond donors (Lipinski definition) is 2. The van der Waals surface area contributed by atoms with Crippen LogP contribution in [0, 0.1) is 0 Å². The quantitative estimate of drug-likeness (QED) is 0.700. The van der Waals surface area contributed by atoms with E-state index in [-0.39, 0.29) is 6.42 Å². The van der Waals surface area contributed by atoms with Crippen molar-refractivity contribution in [2.24, 2.45) is 0 Å². The molecule has 0 aromatic carbocycles. The summed E-state index contributed by atoms with van der Waals surface area (Å²) in [6, 6.07) is -1.27. The number of carboxylic acid groups (broad SMARTS) is 1. The Morgan fingerprint density at radius 1 is 1.55 bits per heavy atom. The summed E-state index contributed by atoms with van der Waals surface area (Å²) in [7, 11) is 0. The molecule has 112 valence electrons. The molecule has 2 N–H and O–H groups in total. The molecule has 2 saturated heterocycles. The van der Waals surface area contributed by atoms with Crippen molar-refractivity contribution in [3.05, 3.63) is 0 Å². The Balaban J connectivity index is 1.96. The normalized spacial score (nSPS) is 29.4. The molecule has 3 unspecified atom stereocenters. The van der Waals surface area contributed by atoms with Gasteiger partial charge >= 0.3 is 12.1 Å². The zero-order chi connectivity index (χ0) is 14.7. The summed E-state index contributed by atoms with van der Waals surface area (Å²) >= 11 is 0. The van der Waals surface area contributed by atoms with Gasteiger partial charge in [-0.1, -0.05) is 0 Å². The van der Waals surface area contributed by atoms with Gasteiger partial charge in [0.25, 0.3) is 0 Å². The Labute approximate surface area is 116 Å². The Bertz CT molecular complexity index is 413. The van der Waals surface area contributed by atoms with Crippen LogP contribution in [0.3, 0.4) is 0 Å². The highest BCUT2D eigenvalue weighted by atomic mass is 16.7. The summed E-state index contributed by atoms with van der Waals surface area (Å²) in [5.74, 6) is -0.840. The van der Waals surface area contributed by atoms with Crippen molar-refractivity contribution >= 4 is 18.0 Å². The molecule has 0 saturated carbocycles. The maximum atomic E-state index is 12.1. The average molecular weight is 286 g/mol. The van der Waals surface area contributed by atoms with Gasteiger partial charge in [0.2, 0.25) is 12.2 Å². The minimum atomic E-state index is -1.11. The second-order valence-corrected chi connectivity index (χ2v) is 4.77. The molecule has 8 nitrogen and oxygen atoms in total. The molecule has 8 heteroatoms. The molecule has 0 radical (unpaired) electrons. The number of nitrogens with one attached hydrogen (secondary N) is 1. The van der Waals surface area contributed by atoms with Crippen molar-refractivity contribution < 1.29 is 29.0 Å². The van der Waals surface area contributed by atoms with Crippen LogP contribution in [-0.4, -0.2) is 59.5 Å². The van der Waals surface area contributed by atoms with E-state index in [1.54, 1.807) is 6.92 Å². The van der Waals surface area contributed by atoms with Gasteiger partial charge in [0.05, 0.1) is 6.42 Å². The van der Waals surface area contributed by atoms with E-state index in [1.807, 2.05) is 0 Å². The SMILES string of the molecule is CCOC1OC(=O)CC1NC(=O)C1CCCN1C(=O)O. The first kappa shape index (κ1) is 14.6. The van der Waals surface area contributed by atoms with Crippen molar-refractivity contribution in [1.82, 2.24) is 10.2 Å². The number of nitrogens with zero attached hydrogens (tertiary/aromatic N) is 1. The molecule has 0 aliphatic carbocycles. The predicted molar refractivity (Wildman–Crippen MR) is 65.8 cm³/mol. The Hall–Kier alpha value is -1.83. The molecule has 2 aliphatic heterocycles. The average Bonchev–Trinajstić information content (AvgIpc) is 2.97. The lowest BCUT2D eigenvalue weighted by Crippen LogP contribution is -2.50. The Morgan fingerprint density at radius 3 is 2.95 bits per heavy atom. The van der Waals surface area contributed by atoms with Crippen molar-refractivity contribution in [1.29, 1.82) is 0 Å². The van der Waals surface area contributed by atoms with Gasteiger partial charge in [-0.25, -0.2) is 4.79 Å². The van der Waals surface area contributed by atoms with Gasteiger partial charge in [-0.2, -0.15) is 0 Å². The molecule has 0 bridgehead atoms. The van der Waals surface area contributed by atoms with E-state index in [0.29, 0.717) is 26.0 Å². The highest BCUT2D eigenvalue weighted by Gasteiger charge is 2.40. The molecule has 2 amide bonds. The van der Waals surface area contributed by atoms with Crippen molar-refractivity contribution in [2.45, 2.75) is 44.6 Å². The van der Waals surface area contributed by atoms with E-state index in [0.717, 1.165) is 4.90 Å². The fourth-order valence-electron chi connectivity index (χ4n) is 2.52. The first-order valence-corrected chi connectivity index (χ1v) is 6.64. The van der Waals surface area contributed by atoms with Crippen LogP contribution in [0.5, 0.6) is 0 Å². The summed E-state index contributed by atoms with van der Waals surface area (Å²) in [6.45, 7) is 2.46. The smallest absolute Gasteiger partial charge is 0.407 e. The van der Waals surface area contributed by atoms with Crippen LogP contribution >= 0.6 is 0 Å². The van der Waals surface area contributed by atoms with E-state index in [9.17, 15) is 14.4 Å². The van der Waals surface area contributed by atoms with Crippen LogP contribution in [0.1, 0.15) is 26.2 Å². The zero-order valence-electron chi connectivity index (χ0n) is 11.2. The molecule has 3 atom stereocenters. The lowest BCUT2D eigenvalue weighted by atomic mass is 10.1. The van der Waals surface area contributed by atoms with Crippen LogP contribution in [0.25, 0.3) is 0 Å². The second kappa shape index (κ2) is 6.08. The lowest BCUT2D eigenvalue weighted by molar-refractivity contribution is -0.164.